The number of halogens is 1. The van der Waals surface area contributed by atoms with Crippen LogP contribution in [-0.4, -0.2) is 14.8 Å². The van der Waals surface area contributed by atoms with Gasteiger partial charge in [0.1, 0.15) is 10.8 Å². The van der Waals surface area contributed by atoms with Gasteiger partial charge in [0.05, 0.1) is 17.2 Å². The summed E-state index contributed by atoms with van der Waals surface area (Å²) in [4.78, 5) is 4.34. The molecule has 2 rings (SSSR count). The molecule has 0 unspecified atom stereocenters. The molecule has 2 aromatic heterocycles. The van der Waals surface area contributed by atoms with Crippen molar-refractivity contribution in [2.75, 3.05) is 5.73 Å². The van der Waals surface area contributed by atoms with Crippen LogP contribution in [0.3, 0.4) is 0 Å². The van der Waals surface area contributed by atoms with Crippen LogP contribution in [0.25, 0.3) is 0 Å². The molecule has 14 heavy (non-hydrogen) atoms. The van der Waals surface area contributed by atoms with Crippen molar-refractivity contribution in [3.05, 3.63) is 26.8 Å². The van der Waals surface area contributed by atoms with Gasteiger partial charge >= 0.3 is 0 Å². The second-order valence-electron chi connectivity index (χ2n) is 2.92. The number of rotatable bonds is 2. The monoisotopic (exact) mass is 272 g/mol. The van der Waals surface area contributed by atoms with E-state index in [0.29, 0.717) is 12.4 Å². The van der Waals surface area contributed by atoms with E-state index in [1.807, 2.05) is 12.3 Å². The fourth-order valence-corrected chi connectivity index (χ4v) is 2.15. The Bertz CT molecular complexity index is 448. The van der Waals surface area contributed by atoms with Crippen molar-refractivity contribution < 1.29 is 0 Å². The van der Waals surface area contributed by atoms with Crippen LogP contribution in [0.15, 0.2) is 16.0 Å². The third kappa shape index (κ3) is 1.80. The Morgan fingerprint density at radius 1 is 1.64 bits per heavy atom. The first kappa shape index (κ1) is 9.67. The first-order valence-electron chi connectivity index (χ1n) is 4.04. The Hall–Kier alpha value is -0.880. The largest absolute Gasteiger partial charge is 0.383 e. The van der Waals surface area contributed by atoms with Crippen LogP contribution in [0.5, 0.6) is 0 Å². The predicted molar refractivity (Wildman–Crippen MR) is 60.3 cm³/mol. The maximum absolute atomic E-state index is 5.79. The van der Waals surface area contributed by atoms with E-state index >= 15 is 0 Å². The second-order valence-corrected chi connectivity index (χ2v) is 4.72. The van der Waals surface area contributed by atoms with Crippen molar-refractivity contribution in [3.8, 4) is 0 Å². The van der Waals surface area contributed by atoms with Crippen molar-refractivity contribution in [2.45, 2.75) is 13.5 Å². The summed E-state index contributed by atoms with van der Waals surface area (Å²) in [5.74, 6) is 0.637. The number of thiazole rings is 1. The predicted octanol–water partition coefficient (Wildman–Crippen LogP) is 2.04. The zero-order valence-electron chi connectivity index (χ0n) is 7.57. The summed E-state index contributed by atoms with van der Waals surface area (Å²) in [5.41, 5.74) is 6.82. The Morgan fingerprint density at radius 3 is 2.93 bits per heavy atom. The normalized spacial score (nSPS) is 10.7. The third-order valence-corrected chi connectivity index (χ3v) is 3.35. The minimum atomic E-state index is 0.635. The number of nitrogens with two attached hydrogens (primary N) is 1. The molecule has 0 amide bonds. The van der Waals surface area contributed by atoms with Crippen LogP contribution < -0.4 is 5.73 Å². The van der Waals surface area contributed by atoms with E-state index in [2.05, 4.69) is 26.0 Å². The molecular formula is C8H9BrN4S. The highest BCUT2D eigenvalue weighted by molar-refractivity contribution is 9.10. The van der Waals surface area contributed by atoms with Crippen molar-refractivity contribution in [1.82, 2.24) is 14.8 Å². The molecule has 6 heteroatoms. The van der Waals surface area contributed by atoms with Gasteiger partial charge < -0.3 is 5.73 Å². The molecule has 2 N–H and O–H groups in total. The Balaban J connectivity index is 2.22. The Kier molecular flexibility index (Phi) is 2.56. The third-order valence-electron chi connectivity index (χ3n) is 1.78. The van der Waals surface area contributed by atoms with Crippen molar-refractivity contribution in [1.29, 1.82) is 0 Å². The Labute approximate surface area is 93.9 Å². The Morgan fingerprint density at radius 2 is 2.43 bits per heavy atom. The van der Waals surface area contributed by atoms with Crippen LogP contribution in [0.2, 0.25) is 0 Å². The number of aromatic nitrogens is 3. The van der Waals surface area contributed by atoms with E-state index in [-0.39, 0.29) is 0 Å². The lowest BCUT2D eigenvalue weighted by atomic mass is 10.5. The van der Waals surface area contributed by atoms with Gasteiger partial charge in [-0.25, -0.2) is 9.67 Å². The lowest BCUT2D eigenvalue weighted by Gasteiger charge is -2.00. The topological polar surface area (TPSA) is 56.7 Å². The van der Waals surface area contributed by atoms with Gasteiger partial charge in [-0.2, -0.15) is 5.10 Å². The standard InChI is InChI=1S/C8H9BrN4S/c1-5-4-14-7(12-5)3-13-8(10)6(9)2-11-13/h2,4H,3,10H2,1H3. The van der Waals surface area contributed by atoms with Gasteiger partial charge in [-0.05, 0) is 22.9 Å². The van der Waals surface area contributed by atoms with Gasteiger partial charge in [0.15, 0.2) is 0 Å². The molecule has 0 spiro atoms. The number of nitrogens with zero attached hydrogens (tertiary/aromatic N) is 3. The van der Waals surface area contributed by atoms with Crippen LogP contribution in [0.4, 0.5) is 5.82 Å². The molecule has 0 saturated heterocycles. The van der Waals surface area contributed by atoms with Gasteiger partial charge in [-0.3, -0.25) is 0 Å². The SMILES string of the molecule is Cc1csc(Cn2ncc(Br)c2N)n1. The van der Waals surface area contributed by atoms with E-state index in [4.69, 9.17) is 5.73 Å². The quantitative estimate of drug-likeness (QED) is 0.911. The van der Waals surface area contributed by atoms with Crippen LogP contribution >= 0.6 is 27.3 Å². The average molecular weight is 273 g/mol. The summed E-state index contributed by atoms with van der Waals surface area (Å²) in [5, 5.41) is 7.17. The maximum atomic E-state index is 5.79. The molecule has 0 aliphatic rings. The number of aryl methyl sites for hydroxylation is 1. The highest BCUT2D eigenvalue weighted by atomic mass is 79.9. The molecule has 4 nitrogen and oxygen atoms in total. The van der Waals surface area contributed by atoms with Gasteiger partial charge in [-0.15, -0.1) is 11.3 Å². The van der Waals surface area contributed by atoms with E-state index in [9.17, 15) is 0 Å². The molecule has 2 heterocycles. The summed E-state index contributed by atoms with van der Waals surface area (Å²) in [6.07, 6.45) is 1.69. The fraction of sp³-hybridized carbons (Fsp3) is 0.250. The van der Waals surface area contributed by atoms with Crippen molar-refractivity contribution in [3.63, 3.8) is 0 Å². The number of anilines is 1. The average Bonchev–Trinajstić information content (AvgIpc) is 2.67. The zero-order valence-corrected chi connectivity index (χ0v) is 9.97. The van der Waals surface area contributed by atoms with Gasteiger partial charge in [0, 0.05) is 11.1 Å². The number of hydrogen-bond donors (Lipinski definition) is 1. The summed E-state index contributed by atoms with van der Waals surface area (Å²) in [7, 11) is 0. The molecule has 0 aromatic carbocycles. The van der Waals surface area contributed by atoms with Crippen LogP contribution in [0, 0.1) is 6.92 Å². The molecule has 0 fully saturated rings. The molecule has 0 radical (unpaired) electrons. The minimum absolute atomic E-state index is 0.635. The zero-order chi connectivity index (χ0) is 10.1. The number of hydrogen-bond acceptors (Lipinski definition) is 4. The fourth-order valence-electron chi connectivity index (χ4n) is 1.10. The summed E-state index contributed by atoms with van der Waals surface area (Å²) >= 11 is 4.93. The maximum Gasteiger partial charge on any atom is 0.136 e. The van der Waals surface area contributed by atoms with Gasteiger partial charge in [0.25, 0.3) is 0 Å². The molecule has 0 atom stereocenters. The van der Waals surface area contributed by atoms with E-state index in [0.717, 1.165) is 15.2 Å². The lowest BCUT2D eigenvalue weighted by molar-refractivity contribution is 0.692. The first-order chi connectivity index (χ1) is 6.66. The molecule has 0 aliphatic heterocycles. The molecule has 2 aromatic rings. The summed E-state index contributed by atoms with van der Waals surface area (Å²) in [6.45, 7) is 2.61. The van der Waals surface area contributed by atoms with E-state index in [1.165, 1.54) is 0 Å². The highest BCUT2D eigenvalue weighted by Gasteiger charge is 2.06. The molecule has 0 saturated carbocycles. The van der Waals surface area contributed by atoms with Gasteiger partial charge in [0.2, 0.25) is 0 Å². The molecule has 0 aliphatic carbocycles. The summed E-state index contributed by atoms with van der Waals surface area (Å²) in [6, 6.07) is 0. The smallest absolute Gasteiger partial charge is 0.136 e. The van der Waals surface area contributed by atoms with Crippen LogP contribution in [0.1, 0.15) is 10.7 Å². The number of nitrogen functional groups attached to an aromatic ring is 1. The highest BCUT2D eigenvalue weighted by Crippen LogP contribution is 2.19. The van der Waals surface area contributed by atoms with E-state index in [1.54, 1.807) is 22.2 Å². The first-order valence-corrected chi connectivity index (χ1v) is 5.72. The van der Waals surface area contributed by atoms with Crippen molar-refractivity contribution in [2.24, 2.45) is 0 Å². The minimum Gasteiger partial charge on any atom is -0.383 e. The lowest BCUT2D eigenvalue weighted by Crippen LogP contribution is -2.05. The second kappa shape index (κ2) is 3.70. The summed E-state index contributed by atoms with van der Waals surface area (Å²) < 4.78 is 2.55. The molecule has 74 valence electrons. The van der Waals surface area contributed by atoms with Crippen molar-refractivity contribution >= 4 is 33.1 Å². The van der Waals surface area contributed by atoms with E-state index < -0.39 is 0 Å². The molecule has 0 bridgehead atoms. The molecular weight excluding hydrogens is 264 g/mol. The van der Waals surface area contributed by atoms with Gasteiger partial charge in [-0.1, -0.05) is 0 Å². The van der Waals surface area contributed by atoms with Crippen LogP contribution in [-0.2, 0) is 6.54 Å².